The lowest BCUT2D eigenvalue weighted by atomic mass is 9.88. The van der Waals surface area contributed by atoms with Gasteiger partial charge in [0.25, 0.3) is 0 Å². The summed E-state index contributed by atoms with van der Waals surface area (Å²) in [6.45, 7) is 13.3. The van der Waals surface area contributed by atoms with Crippen molar-refractivity contribution < 1.29 is 9.84 Å². The maximum Gasteiger partial charge on any atom is 0.123 e. The second kappa shape index (κ2) is 13.5. The number of hydrogen-bond acceptors (Lipinski definition) is 2. The molecule has 0 saturated carbocycles. The SMILES string of the molecule is CC(C)=CCC/C(C)=C/CC/C(C)=C/CC/C(C)=C/CCC1(C)CCc2cc(O)ccc2O1. The largest absolute Gasteiger partial charge is 0.508 e. The van der Waals surface area contributed by atoms with Crippen molar-refractivity contribution in [3.8, 4) is 11.5 Å². The first kappa shape index (κ1) is 27.0. The van der Waals surface area contributed by atoms with Gasteiger partial charge in [-0.25, -0.2) is 0 Å². The molecule has 1 aromatic carbocycles. The molecule has 1 aromatic rings. The van der Waals surface area contributed by atoms with Crippen LogP contribution in [0.3, 0.4) is 0 Å². The summed E-state index contributed by atoms with van der Waals surface area (Å²) in [6, 6.07) is 5.45. The third-order valence-electron chi connectivity index (χ3n) is 6.64. The van der Waals surface area contributed by atoms with Crippen LogP contribution in [0.5, 0.6) is 11.5 Å². The van der Waals surface area contributed by atoms with E-state index >= 15 is 0 Å². The molecule has 0 aromatic heterocycles. The molecule has 0 spiro atoms. The standard InChI is InChI=1S/C31H46O2/c1-24(2)11-7-12-25(3)13-8-14-26(4)15-9-16-27(5)17-10-21-31(6)22-20-28-23-29(32)18-19-30(28)33-31/h11,13,15,17-19,23,32H,7-10,12,14,16,20-22H2,1-6H3/b25-13+,26-15+,27-17+. The summed E-state index contributed by atoms with van der Waals surface area (Å²) in [5.74, 6) is 1.26. The highest BCUT2D eigenvalue weighted by molar-refractivity contribution is 5.41. The quantitative estimate of drug-likeness (QED) is 0.321. The minimum Gasteiger partial charge on any atom is -0.508 e. The van der Waals surface area contributed by atoms with E-state index in [0.29, 0.717) is 5.75 Å². The lowest BCUT2D eigenvalue weighted by Gasteiger charge is -2.35. The van der Waals surface area contributed by atoms with Gasteiger partial charge in [0.2, 0.25) is 0 Å². The van der Waals surface area contributed by atoms with Crippen LogP contribution in [0.4, 0.5) is 0 Å². The molecule has 0 fully saturated rings. The van der Waals surface area contributed by atoms with Crippen LogP contribution < -0.4 is 4.74 Å². The first-order valence-corrected chi connectivity index (χ1v) is 12.8. The van der Waals surface area contributed by atoms with E-state index in [4.69, 9.17) is 4.74 Å². The number of fused-ring (bicyclic) bond motifs is 1. The van der Waals surface area contributed by atoms with Crippen molar-refractivity contribution in [2.75, 3.05) is 0 Å². The summed E-state index contributed by atoms with van der Waals surface area (Å²) >= 11 is 0. The van der Waals surface area contributed by atoms with E-state index in [0.717, 1.165) is 69.1 Å². The van der Waals surface area contributed by atoms with Crippen molar-refractivity contribution in [3.63, 3.8) is 0 Å². The van der Waals surface area contributed by atoms with Crippen LogP contribution in [-0.4, -0.2) is 10.7 Å². The number of aryl methyl sites for hydroxylation is 1. The average molecular weight is 451 g/mol. The maximum absolute atomic E-state index is 9.66. The fourth-order valence-electron chi connectivity index (χ4n) is 4.36. The zero-order chi connectivity index (χ0) is 24.3. The molecular weight excluding hydrogens is 404 g/mol. The highest BCUT2D eigenvalue weighted by Crippen LogP contribution is 2.37. The van der Waals surface area contributed by atoms with Crippen molar-refractivity contribution in [2.24, 2.45) is 0 Å². The number of benzene rings is 1. The fourth-order valence-corrected chi connectivity index (χ4v) is 4.36. The smallest absolute Gasteiger partial charge is 0.123 e. The molecule has 2 heteroatoms. The van der Waals surface area contributed by atoms with Crippen molar-refractivity contribution in [1.82, 2.24) is 0 Å². The molecule has 0 saturated heterocycles. The third-order valence-corrected chi connectivity index (χ3v) is 6.64. The van der Waals surface area contributed by atoms with E-state index in [2.05, 4.69) is 65.8 Å². The van der Waals surface area contributed by atoms with Gasteiger partial charge in [0.15, 0.2) is 0 Å². The minimum absolute atomic E-state index is 0.117. The lowest BCUT2D eigenvalue weighted by molar-refractivity contribution is 0.0570. The number of rotatable bonds is 12. The zero-order valence-electron chi connectivity index (χ0n) is 22.0. The molecule has 1 N–H and O–H groups in total. The second-order valence-electron chi connectivity index (χ2n) is 10.4. The van der Waals surface area contributed by atoms with E-state index in [9.17, 15) is 5.11 Å². The van der Waals surface area contributed by atoms with Crippen molar-refractivity contribution in [2.45, 2.75) is 111 Å². The maximum atomic E-state index is 9.66. The van der Waals surface area contributed by atoms with Gasteiger partial charge in [0, 0.05) is 0 Å². The van der Waals surface area contributed by atoms with E-state index in [1.54, 1.807) is 6.07 Å². The molecule has 2 nitrogen and oxygen atoms in total. The first-order valence-electron chi connectivity index (χ1n) is 12.8. The summed E-state index contributed by atoms with van der Waals surface area (Å²) in [5.41, 5.74) is 6.90. The minimum atomic E-state index is -0.117. The number of aromatic hydroxyl groups is 1. The summed E-state index contributed by atoms with van der Waals surface area (Å²) in [7, 11) is 0. The van der Waals surface area contributed by atoms with E-state index in [1.165, 1.54) is 28.7 Å². The molecule has 182 valence electrons. The van der Waals surface area contributed by atoms with Gasteiger partial charge in [-0.05, 0) is 130 Å². The Morgan fingerprint density at radius 1 is 0.848 bits per heavy atom. The van der Waals surface area contributed by atoms with Gasteiger partial charge in [-0.1, -0.05) is 46.6 Å². The molecule has 0 radical (unpaired) electrons. The summed E-state index contributed by atoms with van der Waals surface area (Å²) in [4.78, 5) is 0. The molecule has 1 aliphatic heterocycles. The second-order valence-corrected chi connectivity index (χ2v) is 10.4. The Balaban J connectivity index is 1.68. The van der Waals surface area contributed by atoms with Crippen molar-refractivity contribution >= 4 is 0 Å². The van der Waals surface area contributed by atoms with E-state index in [-0.39, 0.29) is 5.60 Å². The van der Waals surface area contributed by atoms with Gasteiger partial charge >= 0.3 is 0 Å². The number of hydrogen-bond donors (Lipinski definition) is 1. The molecule has 1 aliphatic rings. The van der Waals surface area contributed by atoms with E-state index < -0.39 is 0 Å². The Labute approximate surface area is 203 Å². The topological polar surface area (TPSA) is 29.5 Å². The molecular formula is C31H46O2. The van der Waals surface area contributed by atoms with Gasteiger partial charge < -0.3 is 9.84 Å². The van der Waals surface area contributed by atoms with Crippen LogP contribution in [0, 0.1) is 0 Å². The average Bonchev–Trinajstić information content (AvgIpc) is 2.73. The predicted molar refractivity (Wildman–Crippen MR) is 143 cm³/mol. The van der Waals surface area contributed by atoms with Crippen LogP contribution in [-0.2, 0) is 6.42 Å². The summed E-state index contributed by atoms with van der Waals surface area (Å²) in [5, 5.41) is 9.66. The molecule has 0 bridgehead atoms. The van der Waals surface area contributed by atoms with Gasteiger partial charge in [0.1, 0.15) is 17.1 Å². The van der Waals surface area contributed by atoms with Crippen LogP contribution in [0.15, 0.2) is 64.8 Å². The fraction of sp³-hybridized carbons (Fsp3) is 0.548. The first-order chi connectivity index (χ1) is 15.7. The zero-order valence-corrected chi connectivity index (χ0v) is 22.0. The third kappa shape index (κ3) is 10.5. The Hall–Kier alpha value is -2.22. The number of allylic oxidation sites excluding steroid dienone is 8. The Bertz CT molecular complexity index is 880. The summed E-state index contributed by atoms with van der Waals surface area (Å²) in [6.07, 6.45) is 20.5. The summed E-state index contributed by atoms with van der Waals surface area (Å²) < 4.78 is 6.30. The molecule has 2 rings (SSSR count). The Morgan fingerprint density at radius 2 is 1.39 bits per heavy atom. The van der Waals surface area contributed by atoms with Crippen molar-refractivity contribution in [3.05, 3.63) is 70.4 Å². The number of ether oxygens (including phenoxy) is 1. The number of phenolic OH excluding ortho intramolecular Hbond substituents is 1. The van der Waals surface area contributed by atoms with Crippen LogP contribution in [0.1, 0.15) is 105 Å². The Morgan fingerprint density at radius 3 is 1.97 bits per heavy atom. The Kier molecular flexibility index (Phi) is 11.0. The highest BCUT2D eigenvalue weighted by Gasteiger charge is 2.30. The van der Waals surface area contributed by atoms with Gasteiger partial charge in [-0.2, -0.15) is 0 Å². The molecule has 1 unspecified atom stereocenters. The normalized spacial score (nSPS) is 19.2. The molecule has 0 aliphatic carbocycles. The van der Waals surface area contributed by atoms with Gasteiger partial charge in [-0.3, -0.25) is 0 Å². The van der Waals surface area contributed by atoms with E-state index in [1.807, 2.05) is 12.1 Å². The predicted octanol–water partition coefficient (Wildman–Crippen LogP) is 9.40. The lowest BCUT2D eigenvalue weighted by Crippen LogP contribution is -2.36. The van der Waals surface area contributed by atoms with Crippen LogP contribution in [0.25, 0.3) is 0 Å². The van der Waals surface area contributed by atoms with Crippen LogP contribution in [0.2, 0.25) is 0 Å². The van der Waals surface area contributed by atoms with Gasteiger partial charge in [-0.15, -0.1) is 0 Å². The highest BCUT2D eigenvalue weighted by atomic mass is 16.5. The molecule has 1 heterocycles. The van der Waals surface area contributed by atoms with Crippen molar-refractivity contribution in [1.29, 1.82) is 0 Å². The molecule has 0 amide bonds. The van der Waals surface area contributed by atoms with Gasteiger partial charge in [0.05, 0.1) is 0 Å². The molecule has 1 atom stereocenters. The monoisotopic (exact) mass is 450 g/mol. The van der Waals surface area contributed by atoms with Crippen LogP contribution >= 0.6 is 0 Å². The molecule has 33 heavy (non-hydrogen) atoms. The number of phenols is 1.